The molecule has 2 rings (SSSR count). The largest absolute Gasteiger partial charge is 0.350 e. The van der Waals surface area contributed by atoms with Crippen LogP contribution in [0.3, 0.4) is 0 Å². The van der Waals surface area contributed by atoms with Gasteiger partial charge in [-0.3, -0.25) is 4.79 Å². The van der Waals surface area contributed by atoms with E-state index in [0.29, 0.717) is 17.1 Å². The van der Waals surface area contributed by atoms with Crippen LogP contribution in [-0.2, 0) is 0 Å². The number of nitrogens with zero attached hydrogens (tertiary/aromatic N) is 1. The number of benzene rings is 2. The molecule has 1 amide bonds. The second-order valence-corrected chi connectivity index (χ2v) is 6.51. The first-order chi connectivity index (χ1) is 10.5. The Kier molecular flexibility index (Phi) is 6.00. The first kappa shape index (κ1) is 17.0. The van der Waals surface area contributed by atoms with Gasteiger partial charge in [0.25, 0.3) is 5.91 Å². The zero-order chi connectivity index (χ0) is 16.1. The number of halogens is 2. The van der Waals surface area contributed by atoms with Gasteiger partial charge in [0, 0.05) is 16.0 Å². The van der Waals surface area contributed by atoms with Crippen molar-refractivity contribution in [2.75, 3.05) is 20.6 Å². The lowest BCUT2D eigenvalue weighted by Crippen LogP contribution is -2.34. The van der Waals surface area contributed by atoms with E-state index >= 15 is 0 Å². The zero-order valence-electron chi connectivity index (χ0n) is 12.5. The Labute approximate surface area is 144 Å². The van der Waals surface area contributed by atoms with Crippen molar-refractivity contribution in [3.05, 3.63) is 69.2 Å². The van der Waals surface area contributed by atoms with E-state index in [1.165, 1.54) is 0 Å². The molecule has 116 valence electrons. The molecule has 0 bridgehead atoms. The molecule has 1 unspecified atom stereocenters. The molecule has 0 aliphatic rings. The summed E-state index contributed by atoms with van der Waals surface area (Å²) >= 11 is 9.33. The van der Waals surface area contributed by atoms with Gasteiger partial charge in [0.2, 0.25) is 0 Å². The maximum atomic E-state index is 12.3. The predicted molar refractivity (Wildman–Crippen MR) is 94.4 cm³/mol. The van der Waals surface area contributed by atoms with Crippen LogP contribution in [0.2, 0.25) is 5.02 Å². The summed E-state index contributed by atoms with van der Waals surface area (Å²) < 4.78 is 0.792. The maximum absolute atomic E-state index is 12.3. The Morgan fingerprint density at radius 1 is 1.18 bits per heavy atom. The molecular weight excluding hydrogens is 364 g/mol. The SMILES string of the molecule is CN(C)C(CNC(=O)c1ccccc1Br)c1ccc(Cl)cc1. The number of carbonyl (C=O) groups excluding carboxylic acids is 1. The second kappa shape index (κ2) is 7.77. The number of likely N-dealkylation sites (N-methyl/N-ethyl adjacent to an activating group) is 1. The molecule has 2 aromatic carbocycles. The lowest BCUT2D eigenvalue weighted by Gasteiger charge is -2.25. The Hall–Kier alpha value is -1.36. The van der Waals surface area contributed by atoms with Crippen LogP contribution in [0, 0.1) is 0 Å². The van der Waals surface area contributed by atoms with Gasteiger partial charge in [-0.15, -0.1) is 0 Å². The van der Waals surface area contributed by atoms with Crippen LogP contribution in [-0.4, -0.2) is 31.4 Å². The van der Waals surface area contributed by atoms with Gasteiger partial charge >= 0.3 is 0 Å². The van der Waals surface area contributed by atoms with Crippen molar-refractivity contribution in [1.82, 2.24) is 10.2 Å². The minimum atomic E-state index is -0.0895. The van der Waals surface area contributed by atoms with Crippen molar-refractivity contribution in [3.8, 4) is 0 Å². The monoisotopic (exact) mass is 380 g/mol. The summed E-state index contributed by atoms with van der Waals surface area (Å²) in [5.41, 5.74) is 1.75. The maximum Gasteiger partial charge on any atom is 0.252 e. The van der Waals surface area contributed by atoms with E-state index in [1.54, 1.807) is 6.07 Å². The van der Waals surface area contributed by atoms with E-state index < -0.39 is 0 Å². The van der Waals surface area contributed by atoms with Crippen LogP contribution in [0.1, 0.15) is 22.0 Å². The van der Waals surface area contributed by atoms with Crippen molar-refractivity contribution in [2.24, 2.45) is 0 Å². The highest BCUT2D eigenvalue weighted by Crippen LogP contribution is 2.20. The zero-order valence-corrected chi connectivity index (χ0v) is 14.9. The Morgan fingerprint density at radius 2 is 1.82 bits per heavy atom. The molecule has 0 saturated carbocycles. The molecule has 1 atom stereocenters. The van der Waals surface area contributed by atoms with Gasteiger partial charge in [-0.2, -0.15) is 0 Å². The summed E-state index contributed by atoms with van der Waals surface area (Å²) in [6.07, 6.45) is 0. The van der Waals surface area contributed by atoms with Crippen LogP contribution in [0.15, 0.2) is 53.0 Å². The third-order valence-corrected chi connectivity index (χ3v) is 4.40. The summed E-state index contributed by atoms with van der Waals surface area (Å²) in [5, 5.41) is 3.70. The van der Waals surface area contributed by atoms with Crippen LogP contribution in [0.25, 0.3) is 0 Å². The van der Waals surface area contributed by atoms with E-state index in [9.17, 15) is 4.79 Å². The minimum Gasteiger partial charge on any atom is -0.350 e. The van der Waals surface area contributed by atoms with Gasteiger partial charge in [-0.05, 0) is 59.9 Å². The summed E-state index contributed by atoms with van der Waals surface area (Å²) in [6.45, 7) is 0.523. The van der Waals surface area contributed by atoms with E-state index in [0.717, 1.165) is 10.0 Å². The second-order valence-electron chi connectivity index (χ2n) is 5.22. The molecule has 0 aromatic heterocycles. The standard InChI is InChI=1S/C17H18BrClN2O/c1-21(2)16(12-7-9-13(19)10-8-12)11-20-17(22)14-5-3-4-6-15(14)18/h3-10,16H,11H2,1-2H3,(H,20,22). The third-order valence-electron chi connectivity index (χ3n) is 3.45. The van der Waals surface area contributed by atoms with E-state index in [-0.39, 0.29) is 11.9 Å². The number of amides is 1. The van der Waals surface area contributed by atoms with Crippen LogP contribution >= 0.6 is 27.5 Å². The molecule has 0 aliphatic carbocycles. The van der Waals surface area contributed by atoms with Gasteiger partial charge in [0.05, 0.1) is 11.6 Å². The van der Waals surface area contributed by atoms with E-state index in [2.05, 4.69) is 26.1 Å². The number of rotatable bonds is 5. The van der Waals surface area contributed by atoms with Crippen molar-refractivity contribution < 1.29 is 4.79 Å². The molecular formula is C17H18BrClN2O. The number of hydrogen-bond donors (Lipinski definition) is 1. The van der Waals surface area contributed by atoms with Gasteiger partial charge in [0.15, 0.2) is 0 Å². The van der Waals surface area contributed by atoms with Gasteiger partial charge in [-0.25, -0.2) is 0 Å². The summed E-state index contributed by atoms with van der Waals surface area (Å²) in [4.78, 5) is 14.4. The first-order valence-corrected chi connectivity index (χ1v) is 8.10. The molecule has 1 N–H and O–H groups in total. The highest BCUT2D eigenvalue weighted by atomic mass is 79.9. The molecule has 0 spiro atoms. The molecule has 0 radical (unpaired) electrons. The van der Waals surface area contributed by atoms with E-state index in [1.807, 2.05) is 56.6 Å². The third kappa shape index (κ3) is 4.32. The van der Waals surface area contributed by atoms with Gasteiger partial charge < -0.3 is 10.2 Å². The van der Waals surface area contributed by atoms with Crippen LogP contribution in [0.5, 0.6) is 0 Å². The highest BCUT2D eigenvalue weighted by molar-refractivity contribution is 9.10. The molecule has 0 saturated heterocycles. The smallest absolute Gasteiger partial charge is 0.252 e. The van der Waals surface area contributed by atoms with E-state index in [4.69, 9.17) is 11.6 Å². The molecule has 0 heterocycles. The fourth-order valence-electron chi connectivity index (χ4n) is 2.21. The summed E-state index contributed by atoms with van der Waals surface area (Å²) in [7, 11) is 3.98. The van der Waals surface area contributed by atoms with Crippen molar-refractivity contribution >= 4 is 33.4 Å². The van der Waals surface area contributed by atoms with Gasteiger partial charge in [0.1, 0.15) is 0 Å². The van der Waals surface area contributed by atoms with Crippen molar-refractivity contribution in [1.29, 1.82) is 0 Å². The normalized spacial score (nSPS) is 12.2. The van der Waals surface area contributed by atoms with Crippen LogP contribution in [0.4, 0.5) is 0 Å². The Morgan fingerprint density at radius 3 is 2.41 bits per heavy atom. The lowest BCUT2D eigenvalue weighted by atomic mass is 10.1. The number of carbonyl (C=O) groups is 1. The van der Waals surface area contributed by atoms with Crippen molar-refractivity contribution in [3.63, 3.8) is 0 Å². The highest BCUT2D eigenvalue weighted by Gasteiger charge is 2.16. The predicted octanol–water partition coefficient (Wildman–Crippen LogP) is 4.14. The fourth-order valence-corrected chi connectivity index (χ4v) is 2.80. The Balaban J connectivity index is 2.08. The quantitative estimate of drug-likeness (QED) is 0.844. The average Bonchev–Trinajstić information content (AvgIpc) is 2.49. The Bertz CT molecular complexity index is 643. The molecule has 0 aliphatic heterocycles. The molecule has 2 aromatic rings. The summed E-state index contributed by atoms with van der Waals surface area (Å²) in [6, 6.07) is 15.2. The topological polar surface area (TPSA) is 32.3 Å². The molecule has 22 heavy (non-hydrogen) atoms. The number of hydrogen-bond acceptors (Lipinski definition) is 2. The van der Waals surface area contributed by atoms with Crippen LogP contribution < -0.4 is 5.32 Å². The summed E-state index contributed by atoms with van der Waals surface area (Å²) in [5.74, 6) is -0.0895. The first-order valence-electron chi connectivity index (χ1n) is 6.93. The fraction of sp³-hybridized carbons (Fsp3) is 0.235. The number of nitrogens with one attached hydrogen (secondary N) is 1. The average molecular weight is 382 g/mol. The molecule has 3 nitrogen and oxygen atoms in total. The van der Waals surface area contributed by atoms with Gasteiger partial charge in [-0.1, -0.05) is 35.9 Å². The molecule has 5 heteroatoms. The molecule has 0 fully saturated rings. The lowest BCUT2D eigenvalue weighted by molar-refractivity contribution is 0.0941. The minimum absolute atomic E-state index is 0.0868. The van der Waals surface area contributed by atoms with Crippen molar-refractivity contribution in [2.45, 2.75) is 6.04 Å².